The number of carbonyl (C=O) groups is 1. The van der Waals surface area contributed by atoms with Crippen LogP contribution in [0.1, 0.15) is 28.8 Å². The zero-order chi connectivity index (χ0) is 16.1. The van der Waals surface area contributed by atoms with Crippen molar-refractivity contribution in [3.8, 4) is 0 Å². The van der Waals surface area contributed by atoms with Gasteiger partial charge in [0.25, 0.3) is 5.91 Å². The molecule has 2 heterocycles. The topological polar surface area (TPSA) is 58.8 Å². The molecule has 5 nitrogen and oxygen atoms in total. The van der Waals surface area contributed by atoms with E-state index in [2.05, 4.69) is 4.90 Å². The zero-order valence-corrected chi connectivity index (χ0v) is 13.7. The Kier molecular flexibility index (Phi) is 5.65. The van der Waals surface area contributed by atoms with E-state index in [1.165, 1.54) is 6.42 Å². The molecule has 3 rings (SSSR count). The Labute approximate surface area is 138 Å². The van der Waals surface area contributed by atoms with Crippen LogP contribution in [0, 0.1) is 5.92 Å². The average Bonchev–Trinajstić information content (AvgIpc) is 2.62. The predicted molar refractivity (Wildman–Crippen MR) is 90.2 cm³/mol. The molecule has 2 N–H and O–H groups in total. The van der Waals surface area contributed by atoms with E-state index < -0.39 is 0 Å². The molecule has 1 aromatic rings. The predicted octanol–water partition coefficient (Wildman–Crippen LogP) is 1.33. The first-order chi connectivity index (χ1) is 11.3. The number of piperidine rings is 1. The van der Waals surface area contributed by atoms with Crippen molar-refractivity contribution >= 4 is 5.91 Å². The van der Waals surface area contributed by atoms with Crippen molar-refractivity contribution in [2.75, 3.05) is 45.9 Å². The third kappa shape index (κ3) is 4.31. The van der Waals surface area contributed by atoms with E-state index >= 15 is 0 Å². The molecule has 2 aliphatic heterocycles. The number of amides is 1. The van der Waals surface area contributed by atoms with Gasteiger partial charge in [-0.2, -0.15) is 0 Å². The maximum atomic E-state index is 12.7. The van der Waals surface area contributed by atoms with E-state index in [0.717, 1.165) is 63.5 Å². The van der Waals surface area contributed by atoms with Crippen LogP contribution in [0.15, 0.2) is 24.3 Å². The number of nitrogens with zero attached hydrogens (tertiary/aromatic N) is 2. The van der Waals surface area contributed by atoms with E-state index in [9.17, 15) is 4.79 Å². The first kappa shape index (κ1) is 16.4. The van der Waals surface area contributed by atoms with Crippen LogP contribution in [0.2, 0.25) is 0 Å². The number of likely N-dealkylation sites (tertiary alicyclic amines) is 1. The fraction of sp³-hybridized carbons (Fsp3) is 0.611. The number of hydrogen-bond donors (Lipinski definition) is 1. The Morgan fingerprint density at radius 3 is 2.61 bits per heavy atom. The number of nitrogens with two attached hydrogens (primary N) is 1. The molecule has 0 aliphatic carbocycles. The number of carbonyl (C=O) groups excluding carboxylic acids is 1. The summed E-state index contributed by atoms with van der Waals surface area (Å²) in [7, 11) is 0. The van der Waals surface area contributed by atoms with E-state index in [1.54, 1.807) is 0 Å². The smallest absolute Gasteiger partial charge is 0.253 e. The highest BCUT2D eigenvalue weighted by Crippen LogP contribution is 2.20. The minimum Gasteiger partial charge on any atom is -0.379 e. The molecule has 0 spiro atoms. The van der Waals surface area contributed by atoms with Crippen molar-refractivity contribution in [2.24, 2.45) is 11.7 Å². The van der Waals surface area contributed by atoms with Gasteiger partial charge in [-0.05, 0) is 36.5 Å². The number of rotatable bonds is 4. The minimum absolute atomic E-state index is 0.153. The zero-order valence-electron chi connectivity index (χ0n) is 13.7. The lowest BCUT2D eigenvalue weighted by molar-refractivity contribution is 0.0224. The molecule has 23 heavy (non-hydrogen) atoms. The third-order valence-corrected chi connectivity index (χ3v) is 4.86. The molecule has 0 aromatic heterocycles. The van der Waals surface area contributed by atoms with Gasteiger partial charge in [0.05, 0.1) is 13.2 Å². The van der Waals surface area contributed by atoms with Gasteiger partial charge in [0.1, 0.15) is 0 Å². The summed E-state index contributed by atoms with van der Waals surface area (Å²) < 4.78 is 5.41. The maximum absolute atomic E-state index is 12.7. The largest absolute Gasteiger partial charge is 0.379 e. The van der Waals surface area contributed by atoms with Crippen LogP contribution >= 0.6 is 0 Å². The maximum Gasteiger partial charge on any atom is 0.253 e. The van der Waals surface area contributed by atoms with E-state index in [-0.39, 0.29) is 5.91 Å². The summed E-state index contributed by atoms with van der Waals surface area (Å²) in [5, 5.41) is 0. The van der Waals surface area contributed by atoms with Gasteiger partial charge in [-0.3, -0.25) is 9.69 Å². The van der Waals surface area contributed by atoms with Crippen LogP contribution in [0.3, 0.4) is 0 Å². The second-order valence-corrected chi connectivity index (χ2v) is 6.57. The molecule has 5 heteroatoms. The molecule has 126 valence electrons. The van der Waals surface area contributed by atoms with Gasteiger partial charge in [-0.15, -0.1) is 0 Å². The fourth-order valence-electron chi connectivity index (χ4n) is 3.51. The van der Waals surface area contributed by atoms with Crippen molar-refractivity contribution in [2.45, 2.75) is 19.4 Å². The average molecular weight is 317 g/mol. The second kappa shape index (κ2) is 7.90. The van der Waals surface area contributed by atoms with Gasteiger partial charge in [0.15, 0.2) is 0 Å². The summed E-state index contributed by atoms with van der Waals surface area (Å²) in [6.45, 7) is 7.05. The van der Waals surface area contributed by atoms with E-state index in [1.807, 2.05) is 29.2 Å². The van der Waals surface area contributed by atoms with E-state index in [0.29, 0.717) is 12.5 Å². The van der Waals surface area contributed by atoms with Crippen LogP contribution in [-0.4, -0.2) is 61.6 Å². The van der Waals surface area contributed by atoms with Gasteiger partial charge in [0, 0.05) is 44.8 Å². The highest BCUT2D eigenvalue weighted by atomic mass is 16.5. The van der Waals surface area contributed by atoms with Crippen molar-refractivity contribution < 1.29 is 9.53 Å². The molecular weight excluding hydrogens is 290 g/mol. The first-order valence-electron chi connectivity index (χ1n) is 8.64. The summed E-state index contributed by atoms with van der Waals surface area (Å²) in [6, 6.07) is 7.69. The standard InChI is InChI=1S/C18H27N3O2/c19-12-15-3-5-17(6-4-15)18(22)21-7-1-2-16(14-21)13-20-8-10-23-11-9-20/h3-6,16H,1-2,7-14,19H2/t16-/m1/s1. The lowest BCUT2D eigenvalue weighted by atomic mass is 9.96. The number of benzene rings is 1. The molecule has 0 radical (unpaired) electrons. The molecule has 1 amide bonds. The highest BCUT2D eigenvalue weighted by Gasteiger charge is 2.26. The van der Waals surface area contributed by atoms with E-state index in [4.69, 9.17) is 10.5 Å². The van der Waals surface area contributed by atoms with Crippen LogP contribution < -0.4 is 5.73 Å². The SMILES string of the molecule is NCc1ccc(C(=O)N2CCC[C@H](CN3CCOCC3)C2)cc1. The quantitative estimate of drug-likeness (QED) is 0.910. The molecule has 1 atom stereocenters. The molecule has 2 fully saturated rings. The van der Waals surface area contributed by atoms with Gasteiger partial charge in [-0.25, -0.2) is 0 Å². The summed E-state index contributed by atoms with van der Waals surface area (Å²) >= 11 is 0. The normalized spacial score (nSPS) is 23.0. The first-order valence-corrected chi connectivity index (χ1v) is 8.64. The number of hydrogen-bond acceptors (Lipinski definition) is 4. The van der Waals surface area contributed by atoms with Crippen LogP contribution in [0.5, 0.6) is 0 Å². The van der Waals surface area contributed by atoms with Crippen molar-refractivity contribution in [3.05, 3.63) is 35.4 Å². The van der Waals surface area contributed by atoms with Crippen LogP contribution in [0.25, 0.3) is 0 Å². The molecule has 0 unspecified atom stereocenters. The highest BCUT2D eigenvalue weighted by molar-refractivity contribution is 5.94. The van der Waals surface area contributed by atoms with Gasteiger partial charge >= 0.3 is 0 Å². The molecule has 0 bridgehead atoms. The van der Waals surface area contributed by atoms with Crippen LogP contribution in [0.4, 0.5) is 0 Å². The lowest BCUT2D eigenvalue weighted by Gasteiger charge is -2.36. The molecule has 0 saturated carbocycles. The Bertz CT molecular complexity index is 512. The minimum atomic E-state index is 0.153. The molecule has 2 saturated heterocycles. The van der Waals surface area contributed by atoms with Gasteiger partial charge < -0.3 is 15.4 Å². The second-order valence-electron chi connectivity index (χ2n) is 6.57. The lowest BCUT2D eigenvalue weighted by Crippen LogP contribution is -2.46. The third-order valence-electron chi connectivity index (χ3n) is 4.86. The summed E-state index contributed by atoms with van der Waals surface area (Å²) in [4.78, 5) is 17.2. The molecular formula is C18H27N3O2. The fourth-order valence-corrected chi connectivity index (χ4v) is 3.51. The van der Waals surface area contributed by atoms with Gasteiger partial charge in [0.2, 0.25) is 0 Å². The summed E-state index contributed by atoms with van der Waals surface area (Å²) in [5.74, 6) is 0.731. The number of ether oxygens (including phenoxy) is 1. The Balaban J connectivity index is 1.57. The molecule has 1 aromatic carbocycles. The summed E-state index contributed by atoms with van der Waals surface area (Å²) in [6.07, 6.45) is 2.31. The van der Waals surface area contributed by atoms with Crippen LogP contribution in [-0.2, 0) is 11.3 Å². The summed E-state index contributed by atoms with van der Waals surface area (Å²) in [5.41, 5.74) is 7.45. The monoisotopic (exact) mass is 317 g/mol. The Morgan fingerprint density at radius 1 is 1.17 bits per heavy atom. The van der Waals surface area contributed by atoms with Crippen molar-refractivity contribution in [1.82, 2.24) is 9.80 Å². The van der Waals surface area contributed by atoms with Crippen molar-refractivity contribution in [3.63, 3.8) is 0 Å². The Morgan fingerprint density at radius 2 is 1.91 bits per heavy atom. The Hall–Kier alpha value is -1.43. The number of morpholine rings is 1. The van der Waals surface area contributed by atoms with Crippen molar-refractivity contribution in [1.29, 1.82) is 0 Å². The molecule has 2 aliphatic rings. The van der Waals surface area contributed by atoms with Gasteiger partial charge in [-0.1, -0.05) is 12.1 Å².